The Hall–Kier alpha value is -1.59. The van der Waals surface area contributed by atoms with E-state index in [0.29, 0.717) is 0 Å². The van der Waals surface area contributed by atoms with Crippen LogP contribution < -0.4 is 4.18 Å². The van der Waals surface area contributed by atoms with E-state index in [-0.39, 0.29) is 5.75 Å². The molecule has 3 nitrogen and oxygen atoms in total. The summed E-state index contributed by atoms with van der Waals surface area (Å²) in [7, 11) is -3.74. The van der Waals surface area contributed by atoms with Gasteiger partial charge in [-0.2, -0.15) is 8.42 Å². The zero-order valence-electron chi connectivity index (χ0n) is 9.86. The minimum atomic E-state index is -3.74. The Balaban J connectivity index is 2.11. The molecule has 2 aromatic carbocycles. The van der Waals surface area contributed by atoms with E-state index >= 15 is 0 Å². The highest BCUT2D eigenvalue weighted by molar-refractivity contribution is 9.10. The lowest BCUT2D eigenvalue weighted by Gasteiger charge is -2.03. The number of rotatable bonds is 4. The van der Waals surface area contributed by atoms with Crippen LogP contribution in [0.5, 0.6) is 5.75 Å². The number of benzene rings is 2. The van der Waals surface area contributed by atoms with Gasteiger partial charge in [0.05, 0.1) is 5.41 Å². The highest BCUT2D eigenvalue weighted by Crippen LogP contribution is 2.18. The van der Waals surface area contributed by atoms with Crippen molar-refractivity contribution in [2.75, 3.05) is 0 Å². The highest BCUT2D eigenvalue weighted by Gasteiger charge is 2.07. The molecular weight excluding hydrogens is 328 g/mol. The second-order valence-corrected chi connectivity index (χ2v) is 6.08. The normalized spacial score (nSPS) is 11.6. The second-order valence-electron chi connectivity index (χ2n) is 3.74. The molecule has 0 aromatic heterocycles. The third-order valence-corrected chi connectivity index (χ3v) is 3.68. The average Bonchev–Trinajstić information content (AvgIpc) is 2.40. The van der Waals surface area contributed by atoms with Gasteiger partial charge >= 0.3 is 10.1 Å². The van der Waals surface area contributed by atoms with Crippen molar-refractivity contribution in [1.29, 1.82) is 0 Å². The van der Waals surface area contributed by atoms with Crippen LogP contribution in [-0.2, 0) is 10.1 Å². The second kappa shape index (κ2) is 6.04. The van der Waals surface area contributed by atoms with Crippen LogP contribution in [0.25, 0.3) is 6.08 Å². The molecule has 2 aromatic rings. The molecule has 0 fully saturated rings. The van der Waals surface area contributed by atoms with Crippen LogP contribution in [0.2, 0.25) is 0 Å². The molecule has 0 amide bonds. The van der Waals surface area contributed by atoms with Gasteiger partial charge < -0.3 is 4.18 Å². The fourth-order valence-electron chi connectivity index (χ4n) is 1.38. The van der Waals surface area contributed by atoms with Crippen molar-refractivity contribution in [3.63, 3.8) is 0 Å². The zero-order chi connectivity index (χ0) is 13.7. The van der Waals surface area contributed by atoms with E-state index in [2.05, 4.69) is 15.9 Å². The maximum Gasteiger partial charge on any atom is 0.332 e. The highest BCUT2D eigenvalue weighted by atomic mass is 79.9. The maximum atomic E-state index is 11.7. The summed E-state index contributed by atoms with van der Waals surface area (Å²) in [5.74, 6) is 0.279. The Morgan fingerprint density at radius 3 is 2.21 bits per heavy atom. The summed E-state index contributed by atoms with van der Waals surface area (Å²) in [6, 6.07) is 15.7. The molecular formula is C14H11BrO3S. The number of hydrogen-bond donors (Lipinski definition) is 0. The lowest BCUT2D eigenvalue weighted by molar-refractivity contribution is 0.497. The van der Waals surface area contributed by atoms with Crippen molar-refractivity contribution in [3.05, 3.63) is 70.0 Å². The predicted octanol–water partition coefficient (Wildman–Crippen LogP) is 3.83. The van der Waals surface area contributed by atoms with Gasteiger partial charge in [0, 0.05) is 4.47 Å². The van der Waals surface area contributed by atoms with Gasteiger partial charge in [0.1, 0.15) is 5.75 Å². The fraction of sp³-hybridized carbons (Fsp3) is 0. The van der Waals surface area contributed by atoms with Crippen molar-refractivity contribution in [3.8, 4) is 5.75 Å². The Morgan fingerprint density at radius 2 is 1.58 bits per heavy atom. The van der Waals surface area contributed by atoms with Crippen LogP contribution in [-0.4, -0.2) is 8.42 Å². The van der Waals surface area contributed by atoms with Crippen LogP contribution >= 0.6 is 15.9 Å². The van der Waals surface area contributed by atoms with Gasteiger partial charge in [-0.1, -0.05) is 46.3 Å². The summed E-state index contributed by atoms with van der Waals surface area (Å²) in [6.45, 7) is 0. The first-order valence-corrected chi connectivity index (χ1v) is 7.75. The molecule has 5 heteroatoms. The van der Waals surface area contributed by atoms with Gasteiger partial charge in [0.2, 0.25) is 0 Å². The minimum Gasteiger partial charge on any atom is -0.379 e. The van der Waals surface area contributed by atoms with Crippen molar-refractivity contribution < 1.29 is 12.6 Å². The van der Waals surface area contributed by atoms with Gasteiger partial charge in [0.15, 0.2) is 0 Å². The molecule has 0 spiro atoms. The van der Waals surface area contributed by atoms with Crippen LogP contribution in [0.1, 0.15) is 5.56 Å². The first kappa shape index (κ1) is 13.8. The van der Waals surface area contributed by atoms with Crippen LogP contribution in [0.4, 0.5) is 0 Å². The summed E-state index contributed by atoms with van der Waals surface area (Å²) in [6.07, 6.45) is 1.49. The Bertz CT molecular complexity index is 662. The molecule has 0 radical (unpaired) electrons. The molecule has 0 aliphatic rings. The molecule has 0 aliphatic carbocycles. The SMILES string of the molecule is O=S(=O)(/C=C/c1ccccc1)Oc1ccc(Br)cc1. The summed E-state index contributed by atoms with van der Waals surface area (Å²) < 4.78 is 29.3. The summed E-state index contributed by atoms with van der Waals surface area (Å²) in [5, 5.41) is 1.05. The van der Waals surface area contributed by atoms with Gasteiger partial charge in [-0.05, 0) is 35.9 Å². The van der Waals surface area contributed by atoms with Crippen molar-refractivity contribution in [2.24, 2.45) is 0 Å². The average molecular weight is 339 g/mol. The van der Waals surface area contributed by atoms with E-state index in [9.17, 15) is 8.42 Å². The third-order valence-electron chi connectivity index (χ3n) is 2.25. The monoisotopic (exact) mass is 338 g/mol. The van der Waals surface area contributed by atoms with Gasteiger partial charge in [-0.25, -0.2) is 0 Å². The molecule has 0 bridgehead atoms. The Morgan fingerprint density at radius 1 is 0.947 bits per heavy atom. The lowest BCUT2D eigenvalue weighted by Crippen LogP contribution is -2.04. The molecule has 0 atom stereocenters. The van der Waals surface area contributed by atoms with Crippen LogP contribution in [0.3, 0.4) is 0 Å². The summed E-state index contributed by atoms with van der Waals surface area (Å²) >= 11 is 3.27. The molecule has 0 saturated carbocycles. The van der Waals surface area contributed by atoms with Gasteiger partial charge in [-0.3, -0.25) is 0 Å². The van der Waals surface area contributed by atoms with Crippen LogP contribution in [0.15, 0.2) is 64.5 Å². The molecule has 19 heavy (non-hydrogen) atoms. The maximum absolute atomic E-state index is 11.7. The smallest absolute Gasteiger partial charge is 0.332 e. The predicted molar refractivity (Wildman–Crippen MR) is 79.2 cm³/mol. The largest absolute Gasteiger partial charge is 0.379 e. The molecule has 0 aliphatic heterocycles. The van der Waals surface area contributed by atoms with E-state index in [0.717, 1.165) is 15.4 Å². The standard InChI is InChI=1S/C14H11BrO3S/c15-13-6-8-14(9-7-13)18-19(16,17)11-10-12-4-2-1-3-5-12/h1-11H/b11-10+. The Labute approximate surface area is 120 Å². The van der Waals surface area contributed by atoms with Crippen molar-refractivity contribution >= 4 is 32.1 Å². The Kier molecular flexibility index (Phi) is 4.39. The molecule has 98 valence electrons. The van der Waals surface area contributed by atoms with E-state index in [1.54, 1.807) is 24.3 Å². The molecule has 0 saturated heterocycles. The van der Waals surface area contributed by atoms with Crippen molar-refractivity contribution in [1.82, 2.24) is 0 Å². The summed E-state index contributed by atoms with van der Waals surface area (Å²) in [5.41, 5.74) is 0.797. The molecule has 2 rings (SSSR count). The first-order valence-electron chi connectivity index (χ1n) is 5.48. The lowest BCUT2D eigenvalue weighted by atomic mass is 10.2. The van der Waals surface area contributed by atoms with E-state index < -0.39 is 10.1 Å². The van der Waals surface area contributed by atoms with E-state index in [1.165, 1.54) is 6.08 Å². The number of hydrogen-bond acceptors (Lipinski definition) is 3. The van der Waals surface area contributed by atoms with E-state index in [4.69, 9.17) is 4.18 Å². The topological polar surface area (TPSA) is 43.4 Å². The number of halogens is 1. The quantitative estimate of drug-likeness (QED) is 0.795. The third kappa shape index (κ3) is 4.54. The minimum absolute atomic E-state index is 0.279. The fourth-order valence-corrected chi connectivity index (χ4v) is 2.40. The zero-order valence-corrected chi connectivity index (χ0v) is 12.3. The van der Waals surface area contributed by atoms with Gasteiger partial charge in [0.25, 0.3) is 0 Å². The molecule has 0 unspecified atom stereocenters. The molecule has 0 N–H and O–H groups in total. The summed E-state index contributed by atoms with van der Waals surface area (Å²) in [4.78, 5) is 0. The van der Waals surface area contributed by atoms with Crippen molar-refractivity contribution in [2.45, 2.75) is 0 Å². The molecule has 0 heterocycles. The first-order chi connectivity index (χ1) is 9.05. The van der Waals surface area contributed by atoms with E-state index in [1.807, 2.05) is 30.3 Å². The van der Waals surface area contributed by atoms with Gasteiger partial charge in [-0.15, -0.1) is 0 Å². The van der Waals surface area contributed by atoms with Crippen LogP contribution in [0, 0.1) is 0 Å².